The molecule has 1 aromatic heterocycles. The Bertz CT molecular complexity index is 634. The molecule has 22 heavy (non-hydrogen) atoms. The van der Waals surface area contributed by atoms with Crippen LogP contribution in [0.25, 0.3) is 0 Å². The van der Waals surface area contributed by atoms with Gasteiger partial charge in [0.2, 0.25) is 5.91 Å². The number of rotatable bonds is 6. The van der Waals surface area contributed by atoms with Crippen molar-refractivity contribution in [3.05, 3.63) is 52.0 Å². The highest BCUT2D eigenvalue weighted by molar-refractivity contribution is 7.11. The smallest absolute Gasteiger partial charge is 0.221 e. The van der Waals surface area contributed by atoms with Gasteiger partial charge in [-0.3, -0.25) is 4.79 Å². The van der Waals surface area contributed by atoms with Crippen molar-refractivity contribution in [2.75, 3.05) is 0 Å². The summed E-state index contributed by atoms with van der Waals surface area (Å²) in [5, 5.41) is 4.27. The Kier molecular flexibility index (Phi) is 4.57. The number of aryl methyl sites for hydroxylation is 1. The summed E-state index contributed by atoms with van der Waals surface area (Å²) in [5.41, 5.74) is 1.21. The van der Waals surface area contributed by atoms with E-state index in [0.717, 1.165) is 5.01 Å². The van der Waals surface area contributed by atoms with Crippen molar-refractivity contribution in [3.63, 3.8) is 0 Å². The molecule has 1 aromatic carbocycles. The zero-order valence-electron chi connectivity index (χ0n) is 13.1. The Morgan fingerprint density at radius 3 is 2.68 bits per heavy atom. The molecule has 1 aliphatic carbocycles. The number of amides is 1. The Labute approximate surface area is 135 Å². The average Bonchev–Trinajstić information content (AvgIpc) is 3.27. The van der Waals surface area contributed by atoms with Crippen LogP contribution in [0.3, 0.4) is 0 Å². The molecule has 1 saturated carbocycles. The fourth-order valence-electron chi connectivity index (χ4n) is 2.74. The van der Waals surface area contributed by atoms with Crippen molar-refractivity contribution < 1.29 is 4.79 Å². The molecule has 0 radical (unpaired) electrons. The maximum absolute atomic E-state index is 12.4. The monoisotopic (exact) mass is 314 g/mol. The molecule has 1 fully saturated rings. The molecule has 1 heterocycles. The van der Waals surface area contributed by atoms with Crippen molar-refractivity contribution in [3.8, 4) is 0 Å². The lowest BCUT2D eigenvalue weighted by Gasteiger charge is -2.18. The van der Waals surface area contributed by atoms with E-state index in [4.69, 9.17) is 0 Å². The van der Waals surface area contributed by atoms with Gasteiger partial charge >= 0.3 is 0 Å². The molecule has 0 bridgehead atoms. The quantitative estimate of drug-likeness (QED) is 0.867. The predicted molar refractivity (Wildman–Crippen MR) is 89.9 cm³/mol. The van der Waals surface area contributed by atoms with E-state index in [1.807, 2.05) is 24.4 Å². The first-order valence-electron chi connectivity index (χ1n) is 7.90. The van der Waals surface area contributed by atoms with Crippen LogP contribution in [-0.2, 0) is 4.79 Å². The van der Waals surface area contributed by atoms with Crippen molar-refractivity contribution in [1.29, 1.82) is 0 Å². The number of nitrogens with zero attached hydrogens (tertiary/aromatic N) is 1. The molecule has 1 N–H and O–H groups in total. The number of aromatic nitrogens is 1. The van der Waals surface area contributed by atoms with E-state index in [1.165, 1.54) is 23.3 Å². The molecule has 0 saturated heterocycles. The number of hydrogen-bond acceptors (Lipinski definition) is 3. The number of nitrogens with one attached hydrogen (secondary N) is 1. The molecule has 116 valence electrons. The molecule has 0 spiro atoms. The van der Waals surface area contributed by atoms with Crippen LogP contribution < -0.4 is 5.32 Å². The highest BCUT2D eigenvalue weighted by Gasteiger charge is 2.35. The molecule has 0 unspecified atom stereocenters. The van der Waals surface area contributed by atoms with Gasteiger partial charge in [-0.25, -0.2) is 4.98 Å². The second-order valence-electron chi connectivity index (χ2n) is 6.21. The second-order valence-corrected chi connectivity index (χ2v) is 7.47. The lowest BCUT2D eigenvalue weighted by molar-refractivity contribution is -0.122. The molecule has 3 nitrogen and oxygen atoms in total. The highest BCUT2D eigenvalue weighted by atomic mass is 32.1. The molecule has 4 heteroatoms. The summed E-state index contributed by atoms with van der Waals surface area (Å²) >= 11 is 1.70. The molecule has 3 rings (SSSR count). The number of carbonyl (C=O) groups is 1. The van der Waals surface area contributed by atoms with E-state index in [2.05, 4.69) is 36.3 Å². The van der Waals surface area contributed by atoms with Crippen molar-refractivity contribution in [2.45, 2.75) is 45.1 Å². The van der Waals surface area contributed by atoms with Crippen LogP contribution in [0, 0.1) is 12.8 Å². The third kappa shape index (κ3) is 3.74. The topological polar surface area (TPSA) is 42.0 Å². The summed E-state index contributed by atoms with van der Waals surface area (Å²) in [6.07, 6.45) is 4.81. The summed E-state index contributed by atoms with van der Waals surface area (Å²) in [4.78, 5) is 18.1. The van der Waals surface area contributed by atoms with E-state index < -0.39 is 0 Å². The largest absolute Gasteiger partial charge is 0.347 e. The van der Waals surface area contributed by atoms with E-state index in [1.54, 1.807) is 11.3 Å². The molecule has 0 aliphatic heterocycles. The third-order valence-electron chi connectivity index (χ3n) is 4.18. The van der Waals surface area contributed by atoms with Crippen LogP contribution in [0.1, 0.15) is 53.6 Å². The number of benzene rings is 1. The minimum Gasteiger partial charge on any atom is -0.347 e. The van der Waals surface area contributed by atoms with Crippen LogP contribution in [-0.4, -0.2) is 10.9 Å². The molecule has 1 amide bonds. The molecule has 2 aromatic rings. The summed E-state index contributed by atoms with van der Waals surface area (Å²) in [6, 6.07) is 10.3. The van der Waals surface area contributed by atoms with E-state index in [0.29, 0.717) is 12.3 Å². The molecule has 2 atom stereocenters. The summed E-state index contributed by atoms with van der Waals surface area (Å²) in [5.74, 6) is 0.932. The van der Waals surface area contributed by atoms with Gasteiger partial charge in [-0.2, -0.15) is 0 Å². The van der Waals surface area contributed by atoms with Crippen LogP contribution in [0.4, 0.5) is 0 Å². The van der Waals surface area contributed by atoms with E-state index in [9.17, 15) is 4.79 Å². The van der Waals surface area contributed by atoms with Gasteiger partial charge in [0.25, 0.3) is 0 Å². The van der Waals surface area contributed by atoms with Crippen LogP contribution in [0.15, 0.2) is 36.5 Å². The van der Waals surface area contributed by atoms with Gasteiger partial charge in [0.15, 0.2) is 0 Å². The standard InChI is InChI=1S/C18H22N2OS/c1-12(14-6-4-3-5-7-14)10-16(21)20-17(15-8-9-15)18-19-11-13(2)22-18/h3-7,11-12,15,17H,8-10H2,1-2H3,(H,20,21)/t12-,17+/m1/s1. The Balaban J connectivity index is 1.62. The Morgan fingerprint density at radius 1 is 1.36 bits per heavy atom. The average molecular weight is 314 g/mol. The Morgan fingerprint density at radius 2 is 2.09 bits per heavy atom. The third-order valence-corrected chi connectivity index (χ3v) is 5.17. The first-order valence-corrected chi connectivity index (χ1v) is 8.72. The van der Waals surface area contributed by atoms with Crippen LogP contribution >= 0.6 is 11.3 Å². The van der Waals surface area contributed by atoms with Crippen molar-refractivity contribution in [1.82, 2.24) is 10.3 Å². The minimum atomic E-state index is 0.106. The van der Waals surface area contributed by atoms with E-state index >= 15 is 0 Å². The van der Waals surface area contributed by atoms with Gasteiger partial charge in [0.1, 0.15) is 5.01 Å². The predicted octanol–water partition coefficient (Wildman–Crippen LogP) is 4.21. The Hall–Kier alpha value is -1.68. The van der Waals surface area contributed by atoms with Gasteiger partial charge in [-0.15, -0.1) is 11.3 Å². The SMILES string of the molecule is Cc1cnc([C@@H](NC(=O)C[C@@H](C)c2ccccc2)C2CC2)s1. The van der Waals surface area contributed by atoms with Crippen LogP contribution in [0.2, 0.25) is 0 Å². The first-order chi connectivity index (χ1) is 10.6. The van der Waals surface area contributed by atoms with Crippen LogP contribution in [0.5, 0.6) is 0 Å². The molecular formula is C18H22N2OS. The zero-order valence-corrected chi connectivity index (χ0v) is 13.9. The normalized spacial score (nSPS) is 17.0. The van der Waals surface area contributed by atoms with Gasteiger partial charge < -0.3 is 5.32 Å². The lowest BCUT2D eigenvalue weighted by atomic mass is 9.97. The van der Waals surface area contributed by atoms with Gasteiger partial charge in [-0.1, -0.05) is 37.3 Å². The summed E-state index contributed by atoms with van der Waals surface area (Å²) in [7, 11) is 0. The highest BCUT2D eigenvalue weighted by Crippen LogP contribution is 2.42. The van der Waals surface area contributed by atoms with Crippen molar-refractivity contribution in [2.24, 2.45) is 5.92 Å². The van der Waals surface area contributed by atoms with Crippen molar-refractivity contribution >= 4 is 17.2 Å². The fraction of sp³-hybridized carbons (Fsp3) is 0.444. The fourth-order valence-corrected chi connectivity index (χ4v) is 3.66. The minimum absolute atomic E-state index is 0.106. The second kappa shape index (κ2) is 6.61. The lowest BCUT2D eigenvalue weighted by Crippen LogP contribution is -2.30. The van der Waals surface area contributed by atoms with Gasteiger partial charge in [0, 0.05) is 17.5 Å². The maximum Gasteiger partial charge on any atom is 0.221 e. The van der Waals surface area contributed by atoms with E-state index in [-0.39, 0.29) is 17.9 Å². The van der Waals surface area contributed by atoms with Gasteiger partial charge in [0.05, 0.1) is 6.04 Å². The summed E-state index contributed by atoms with van der Waals surface area (Å²) in [6.45, 7) is 4.17. The maximum atomic E-state index is 12.4. The molecular weight excluding hydrogens is 292 g/mol. The summed E-state index contributed by atoms with van der Waals surface area (Å²) < 4.78 is 0. The molecule has 1 aliphatic rings. The van der Waals surface area contributed by atoms with Gasteiger partial charge in [-0.05, 0) is 37.2 Å². The first kappa shape index (κ1) is 15.2. The number of carbonyl (C=O) groups excluding carboxylic acids is 1. The number of thiazole rings is 1. The zero-order chi connectivity index (χ0) is 15.5. The number of hydrogen-bond donors (Lipinski definition) is 1.